The maximum Gasteiger partial charge on any atom is 0.254 e. The summed E-state index contributed by atoms with van der Waals surface area (Å²) < 4.78 is 7.44. The molecular weight excluding hydrogens is 492 g/mol. The van der Waals surface area contributed by atoms with Crippen molar-refractivity contribution >= 4 is 11.6 Å². The van der Waals surface area contributed by atoms with E-state index in [9.17, 15) is 0 Å². The Balaban J connectivity index is 1.33. The molecule has 1 atom stereocenters. The summed E-state index contributed by atoms with van der Waals surface area (Å²) in [5.74, 6) is 2.06. The minimum Gasteiger partial charge on any atom is -0.379 e. The second kappa shape index (κ2) is 11.3. The number of nitrogens with zero attached hydrogens (tertiary/aromatic N) is 8. The molecule has 200 valence electrons. The molecule has 2 aromatic carbocycles. The molecule has 11 nitrogen and oxygen atoms in total. The van der Waals surface area contributed by atoms with E-state index < -0.39 is 0 Å². The van der Waals surface area contributed by atoms with Crippen LogP contribution in [0.3, 0.4) is 0 Å². The maximum absolute atomic E-state index is 5.55. The molecule has 0 bridgehead atoms. The van der Waals surface area contributed by atoms with E-state index in [1.54, 1.807) is 6.33 Å². The van der Waals surface area contributed by atoms with Crippen molar-refractivity contribution in [2.75, 3.05) is 31.6 Å². The average Bonchev–Trinajstić information content (AvgIpc) is 3.68. The first-order valence-electron chi connectivity index (χ1n) is 13.4. The highest BCUT2D eigenvalue weighted by Crippen LogP contribution is 2.31. The zero-order chi connectivity index (χ0) is 26.6. The van der Waals surface area contributed by atoms with E-state index in [-0.39, 0.29) is 6.17 Å². The molecule has 0 spiro atoms. The number of tetrazole rings is 1. The molecule has 4 heterocycles. The Labute approximate surface area is 226 Å². The molecule has 1 saturated heterocycles. The fraction of sp³-hybridized carbons (Fsp3) is 0.357. The molecule has 1 aliphatic heterocycles. The molecule has 1 aliphatic rings. The first-order chi connectivity index (χ1) is 19.2. The standard InChI is InChI=1S/C28H32N10O/c1-3-6-25-24(26(32-28-29-18-30-38(25)28)31-19(2)37-13-15-39-16-14-37)17-20-9-11-21(12-10-20)22-7-4-5-8-23(22)27-33-35-36-34-27/h4-5,7-12,18-19H,3,6,13-17H2,1-2H3,(H,29,30,31,32)(H,33,34,35,36). The fourth-order valence-electron chi connectivity index (χ4n) is 5.20. The van der Waals surface area contributed by atoms with Crippen LogP contribution in [0.4, 0.5) is 5.82 Å². The third-order valence-electron chi connectivity index (χ3n) is 7.22. The number of nitrogens with one attached hydrogen (secondary N) is 2. The number of H-pyrrole nitrogens is 1. The van der Waals surface area contributed by atoms with Crippen LogP contribution < -0.4 is 5.32 Å². The molecule has 3 aromatic heterocycles. The van der Waals surface area contributed by atoms with Crippen molar-refractivity contribution in [3.63, 3.8) is 0 Å². The predicted octanol–water partition coefficient (Wildman–Crippen LogP) is 3.60. The van der Waals surface area contributed by atoms with Crippen molar-refractivity contribution in [3.05, 3.63) is 71.7 Å². The molecule has 5 aromatic rings. The van der Waals surface area contributed by atoms with Crippen molar-refractivity contribution < 1.29 is 4.74 Å². The molecule has 0 saturated carbocycles. The lowest BCUT2D eigenvalue weighted by molar-refractivity contribution is 0.0253. The molecule has 2 N–H and O–H groups in total. The van der Waals surface area contributed by atoms with Crippen LogP contribution >= 0.6 is 0 Å². The molecule has 11 heteroatoms. The van der Waals surface area contributed by atoms with Gasteiger partial charge < -0.3 is 10.1 Å². The van der Waals surface area contributed by atoms with E-state index in [0.717, 1.165) is 79.3 Å². The topological polar surface area (TPSA) is 122 Å². The Hall–Kier alpha value is -4.22. The van der Waals surface area contributed by atoms with Gasteiger partial charge in [0.2, 0.25) is 5.82 Å². The van der Waals surface area contributed by atoms with Gasteiger partial charge in [-0.1, -0.05) is 61.9 Å². The maximum atomic E-state index is 5.55. The van der Waals surface area contributed by atoms with Gasteiger partial charge in [0.05, 0.1) is 25.1 Å². The minimum absolute atomic E-state index is 0.115. The van der Waals surface area contributed by atoms with Crippen LogP contribution in [0.15, 0.2) is 54.9 Å². The smallest absolute Gasteiger partial charge is 0.254 e. The molecule has 39 heavy (non-hydrogen) atoms. The lowest BCUT2D eigenvalue weighted by Crippen LogP contribution is -2.46. The fourth-order valence-corrected chi connectivity index (χ4v) is 5.20. The molecule has 0 amide bonds. The first kappa shape index (κ1) is 25.1. The van der Waals surface area contributed by atoms with E-state index in [1.807, 2.05) is 22.7 Å². The highest BCUT2D eigenvalue weighted by molar-refractivity contribution is 5.80. The van der Waals surface area contributed by atoms with Gasteiger partial charge in [-0.05, 0) is 35.2 Å². The summed E-state index contributed by atoms with van der Waals surface area (Å²) >= 11 is 0. The molecule has 0 aliphatic carbocycles. The van der Waals surface area contributed by atoms with Gasteiger partial charge in [0.1, 0.15) is 12.1 Å². The molecule has 6 rings (SSSR count). The number of aromatic amines is 1. The van der Waals surface area contributed by atoms with E-state index in [4.69, 9.17) is 9.72 Å². The zero-order valence-corrected chi connectivity index (χ0v) is 22.2. The van der Waals surface area contributed by atoms with Crippen LogP contribution in [-0.4, -0.2) is 77.6 Å². The van der Waals surface area contributed by atoms with Crippen LogP contribution in [0.25, 0.3) is 28.3 Å². The lowest BCUT2D eigenvalue weighted by atomic mass is 9.96. The summed E-state index contributed by atoms with van der Waals surface area (Å²) in [5.41, 5.74) is 6.57. The number of ether oxygens (including phenoxy) is 1. The normalized spacial score (nSPS) is 15.0. The largest absolute Gasteiger partial charge is 0.379 e. The third-order valence-corrected chi connectivity index (χ3v) is 7.22. The number of fused-ring (bicyclic) bond motifs is 1. The van der Waals surface area contributed by atoms with Gasteiger partial charge in [0.15, 0.2) is 0 Å². The lowest BCUT2D eigenvalue weighted by Gasteiger charge is -2.33. The van der Waals surface area contributed by atoms with Crippen molar-refractivity contribution in [3.8, 4) is 22.5 Å². The van der Waals surface area contributed by atoms with Gasteiger partial charge in [-0.15, -0.1) is 10.2 Å². The second-order valence-electron chi connectivity index (χ2n) is 9.73. The molecule has 0 radical (unpaired) electrons. The van der Waals surface area contributed by atoms with E-state index in [1.165, 1.54) is 5.56 Å². The SMILES string of the molecule is CCCc1c(Cc2ccc(-c3ccccc3-c3nn[nH]n3)cc2)c(NC(C)N2CCOCC2)nc2ncnn12. The summed E-state index contributed by atoms with van der Waals surface area (Å²) in [6.45, 7) is 7.65. The summed E-state index contributed by atoms with van der Waals surface area (Å²) in [6, 6.07) is 16.8. The molecule has 1 fully saturated rings. The Morgan fingerprint density at radius 3 is 2.59 bits per heavy atom. The summed E-state index contributed by atoms with van der Waals surface area (Å²) in [7, 11) is 0. The molecular formula is C28H32N10O. The van der Waals surface area contributed by atoms with Crippen LogP contribution in [0.2, 0.25) is 0 Å². The predicted molar refractivity (Wildman–Crippen MR) is 148 cm³/mol. The monoisotopic (exact) mass is 524 g/mol. The highest BCUT2D eigenvalue weighted by atomic mass is 16.5. The van der Waals surface area contributed by atoms with Crippen LogP contribution in [-0.2, 0) is 17.6 Å². The van der Waals surface area contributed by atoms with Crippen LogP contribution in [0.5, 0.6) is 0 Å². The number of hydrogen-bond acceptors (Lipinski definition) is 9. The van der Waals surface area contributed by atoms with E-state index in [0.29, 0.717) is 11.6 Å². The third kappa shape index (κ3) is 5.23. The van der Waals surface area contributed by atoms with Gasteiger partial charge in [0.25, 0.3) is 5.78 Å². The number of aryl methyl sites for hydroxylation is 1. The summed E-state index contributed by atoms with van der Waals surface area (Å²) in [4.78, 5) is 11.7. The van der Waals surface area contributed by atoms with E-state index in [2.05, 4.69) is 85.1 Å². The quantitative estimate of drug-likeness (QED) is 0.298. The first-order valence-corrected chi connectivity index (χ1v) is 13.4. The van der Waals surface area contributed by atoms with Crippen molar-refractivity contribution in [1.29, 1.82) is 0 Å². The minimum atomic E-state index is 0.115. The Morgan fingerprint density at radius 1 is 1.05 bits per heavy atom. The number of rotatable bonds is 9. The van der Waals surface area contributed by atoms with Gasteiger partial charge in [0, 0.05) is 30.6 Å². The number of hydrogen-bond donors (Lipinski definition) is 2. The van der Waals surface area contributed by atoms with Crippen LogP contribution in [0, 0.1) is 0 Å². The molecule has 1 unspecified atom stereocenters. The average molecular weight is 525 g/mol. The Kier molecular flexibility index (Phi) is 7.24. The number of benzene rings is 2. The van der Waals surface area contributed by atoms with Gasteiger partial charge in [-0.3, -0.25) is 4.90 Å². The Morgan fingerprint density at radius 2 is 1.85 bits per heavy atom. The zero-order valence-electron chi connectivity index (χ0n) is 22.2. The second-order valence-corrected chi connectivity index (χ2v) is 9.73. The highest BCUT2D eigenvalue weighted by Gasteiger charge is 2.22. The number of aromatic nitrogens is 8. The summed E-state index contributed by atoms with van der Waals surface area (Å²) in [5, 5.41) is 22.8. The number of morpholine rings is 1. The van der Waals surface area contributed by atoms with Gasteiger partial charge >= 0.3 is 0 Å². The van der Waals surface area contributed by atoms with E-state index >= 15 is 0 Å². The van der Waals surface area contributed by atoms with Crippen molar-refractivity contribution in [2.45, 2.75) is 39.3 Å². The van der Waals surface area contributed by atoms with Crippen molar-refractivity contribution in [2.24, 2.45) is 0 Å². The summed E-state index contributed by atoms with van der Waals surface area (Å²) in [6.07, 6.45) is 4.30. The van der Waals surface area contributed by atoms with Gasteiger partial charge in [-0.2, -0.15) is 20.3 Å². The van der Waals surface area contributed by atoms with Gasteiger partial charge in [-0.25, -0.2) is 4.52 Å². The Bertz CT molecular complexity index is 1520. The number of anilines is 1. The van der Waals surface area contributed by atoms with Crippen molar-refractivity contribution in [1.82, 2.24) is 45.1 Å². The van der Waals surface area contributed by atoms with Crippen LogP contribution in [0.1, 0.15) is 37.1 Å².